The van der Waals surface area contributed by atoms with Crippen molar-refractivity contribution in [1.82, 2.24) is 10.2 Å². The number of hydrogen-bond acceptors (Lipinski definition) is 4. The molecule has 2 unspecified atom stereocenters. The van der Waals surface area contributed by atoms with E-state index in [-0.39, 0.29) is 6.09 Å². The van der Waals surface area contributed by atoms with Crippen LogP contribution in [0.15, 0.2) is 0 Å². The fraction of sp³-hybridized carbons (Fsp3) is 0.923. The molecule has 1 heterocycles. The van der Waals surface area contributed by atoms with Crippen LogP contribution in [-0.2, 0) is 4.74 Å². The van der Waals surface area contributed by atoms with E-state index >= 15 is 0 Å². The van der Waals surface area contributed by atoms with Crippen molar-refractivity contribution < 1.29 is 9.53 Å². The molecule has 0 radical (unpaired) electrons. The molecule has 5 heteroatoms. The highest BCUT2D eigenvalue weighted by Crippen LogP contribution is 2.20. The Morgan fingerprint density at radius 2 is 2.00 bits per heavy atom. The number of ether oxygens (including phenoxy) is 1. The Bertz CT molecular complexity index is 277. The normalized spacial score (nSPS) is 29.6. The Hall–Kier alpha value is -0.810. The molecule has 1 aliphatic heterocycles. The van der Waals surface area contributed by atoms with E-state index in [1.807, 2.05) is 11.8 Å². The minimum atomic E-state index is -0.168. The quantitative estimate of drug-likeness (QED) is 0.792. The summed E-state index contributed by atoms with van der Waals surface area (Å²) in [6.45, 7) is 3.90. The largest absolute Gasteiger partial charge is 0.450 e. The lowest BCUT2D eigenvalue weighted by Crippen LogP contribution is -2.47. The van der Waals surface area contributed by atoms with E-state index in [0.717, 1.165) is 38.8 Å². The number of rotatable bonds is 3. The highest BCUT2D eigenvalue weighted by molar-refractivity contribution is 5.67. The number of nitrogens with one attached hydrogen (secondary N) is 1. The van der Waals surface area contributed by atoms with Gasteiger partial charge in [0, 0.05) is 31.2 Å². The first-order valence-corrected chi connectivity index (χ1v) is 7.12. The molecule has 1 saturated carbocycles. The van der Waals surface area contributed by atoms with Gasteiger partial charge in [0.05, 0.1) is 6.61 Å². The minimum Gasteiger partial charge on any atom is -0.450 e. The predicted octanol–water partition coefficient (Wildman–Crippen LogP) is 1.08. The summed E-state index contributed by atoms with van der Waals surface area (Å²) in [5.74, 6) is 0. The molecule has 1 aliphatic carbocycles. The van der Waals surface area contributed by atoms with Crippen LogP contribution in [0.1, 0.15) is 39.0 Å². The van der Waals surface area contributed by atoms with Crippen molar-refractivity contribution in [2.75, 3.05) is 19.7 Å². The molecular weight excluding hydrogens is 230 g/mol. The molecule has 0 spiro atoms. The van der Waals surface area contributed by atoms with Crippen LogP contribution in [0, 0.1) is 0 Å². The zero-order valence-electron chi connectivity index (χ0n) is 11.2. The molecule has 2 rings (SSSR count). The Labute approximate surface area is 109 Å². The Kier molecular flexibility index (Phi) is 4.83. The van der Waals surface area contributed by atoms with Gasteiger partial charge in [-0.1, -0.05) is 0 Å². The van der Waals surface area contributed by atoms with Crippen LogP contribution in [0.5, 0.6) is 0 Å². The van der Waals surface area contributed by atoms with Gasteiger partial charge in [-0.15, -0.1) is 0 Å². The van der Waals surface area contributed by atoms with E-state index in [0.29, 0.717) is 24.7 Å². The highest BCUT2D eigenvalue weighted by Gasteiger charge is 2.27. The topological polar surface area (TPSA) is 67.6 Å². The van der Waals surface area contributed by atoms with Crippen LogP contribution in [0.3, 0.4) is 0 Å². The van der Waals surface area contributed by atoms with Crippen molar-refractivity contribution in [3.8, 4) is 0 Å². The van der Waals surface area contributed by atoms with Gasteiger partial charge in [-0.2, -0.15) is 0 Å². The molecule has 0 aromatic heterocycles. The second-order valence-corrected chi connectivity index (χ2v) is 5.40. The molecule has 5 nitrogen and oxygen atoms in total. The zero-order valence-corrected chi connectivity index (χ0v) is 11.2. The molecule has 3 N–H and O–H groups in total. The third-order valence-corrected chi connectivity index (χ3v) is 3.97. The fourth-order valence-corrected chi connectivity index (χ4v) is 2.94. The summed E-state index contributed by atoms with van der Waals surface area (Å²) in [6, 6.07) is 1.49. The summed E-state index contributed by atoms with van der Waals surface area (Å²) in [6.07, 6.45) is 5.30. The Morgan fingerprint density at radius 3 is 2.56 bits per heavy atom. The maximum atomic E-state index is 11.6. The van der Waals surface area contributed by atoms with Gasteiger partial charge in [0.15, 0.2) is 0 Å². The van der Waals surface area contributed by atoms with Gasteiger partial charge < -0.3 is 20.7 Å². The molecule has 2 aliphatic rings. The molecule has 0 bridgehead atoms. The summed E-state index contributed by atoms with van der Waals surface area (Å²) in [5.41, 5.74) is 5.92. The average molecular weight is 255 g/mol. The van der Waals surface area contributed by atoms with E-state index in [1.54, 1.807) is 0 Å². The molecule has 2 fully saturated rings. The number of nitrogens with zero attached hydrogens (tertiary/aromatic N) is 1. The fourth-order valence-electron chi connectivity index (χ4n) is 2.94. The van der Waals surface area contributed by atoms with Crippen molar-refractivity contribution in [3.63, 3.8) is 0 Å². The summed E-state index contributed by atoms with van der Waals surface area (Å²) < 4.78 is 5.01. The van der Waals surface area contributed by atoms with Gasteiger partial charge in [-0.3, -0.25) is 0 Å². The van der Waals surface area contributed by atoms with Crippen LogP contribution in [0.25, 0.3) is 0 Å². The monoisotopic (exact) mass is 255 g/mol. The summed E-state index contributed by atoms with van der Waals surface area (Å²) in [7, 11) is 0. The van der Waals surface area contributed by atoms with Gasteiger partial charge in [0.2, 0.25) is 0 Å². The third kappa shape index (κ3) is 3.59. The molecule has 0 aromatic carbocycles. The van der Waals surface area contributed by atoms with Gasteiger partial charge >= 0.3 is 6.09 Å². The van der Waals surface area contributed by atoms with E-state index < -0.39 is 0 Å². The standard InChI is InChI=1S/C13H25N3O2/c1-2-18-13(17)16-7-5-11(6-8-16)15-12-4-3-10(14)9-12/h10-12,15H,2-9,14H2,1H3. The Morgan fingerprint density at radius 1 is 1.28 bits per heavy atom. The van der Waals surface area contributed by atoms with Crippen molar-refractivity contribution >= 4 is 6.09 Å². The third-order valence-electron chi connectivity index (χ3n) is 3.97. The zero-order chi connectivity index (χ0) is 13.0. The van der Waals surface area contributed by atoms with E-state index in [9.17, 15) is 4.79 Å². The van der Waals surface area contributed by atoms with Crippen LogP contribution >= 0.6 is 0 Å². The van der Waals surface area contributed by atoms with Crippen molar-refractivity contribution in [1.29, 1.82) is 0 Å². The first kappa shape index (κ1) is 13.6. The van der Waals surface area contributed by atoms with Gasteiger partial charge in [0.25, 0.3) is 0 Å². The van der Waals surface area contributed by atoms with E-state index in [2.05, 4.69) is 5.32 Å². The summed E-state index contributed by atoms with van der Waals surface area (Å²) >= 11 is 0. The minimum absolute atomic E-state index is 0.168. The van der Waals surface area contributed by atoms with Gasteiger partial charge in [0.1, 0.15) is 0 Å². The van der Waals surface area contributed by atoms with Crippen LogP contribution in [0.2, 0.25) is 0 Å². The molecule has 1 amide bonds. The molecule has 2 atom stereocenters. The molecule has 0 aromatic rings. The number of likely N-dealkylation sites (tertiary alicyclic amines) is 1. The smallest absolute Gasteiger partial charge is 0.409 e. The summed E-state index contributed by atoms with van der Waals surface area (Å²) in [5, 5.41) is 3.68. The predicted molar refractivity (Wildman–Crippen MR) is 70.4 cm³/mol. The van der Waals surface area contributed by atoms with Crippen LogP contribution < -0.4 is 11.1 Å². The van der Waals surface area contributed by atoms with E-state index in [4.69, 9.17) is 10.5 Å². The Balaban J connectivity index is 1.68. The lowest BCUT2D eigenvalue weighted by atomic mass is 10.0. The first-order valence-electron chi connectivity index (χ1n) is 7.12. The second-order valence-electron chi connectivity index (χ2n) is 5.40. The summed E-state index contributed by atoms with van der Waals surface area (Å²) in [4.78, 5) is 13.4. The molecule has 104 valence electrons. The number of amides is 1. The second kappa shape index (κ2) is 6.38. The van der Waals surface area contributed by atoms with Gasteiger partial charge in [-0.05, 0) is 39.0 Å². The van der Waals surface area contributed by atoms with Crippen molar-refractivity contribution in [2.45, 2.75) is 57.2 Å². The SMILES string of the molecule is CCOC(=O)N1CCC(NC2CCC(N)C2)CC1. The van der Waals surface area contributed by atoms with Crippen molar-refractivity contribution in [2.24, 2.45) is 5.73 Å². The van der Waals surface area contributed by atoms with E-state index in [1.165, 1.54) is 6.42 Å². The maximum absolute atomic E-state index is 11.6. The number of nitrogens with two attached hydrogens (primary N) is 1. The first-order chi connectivity index (χ1) is 8.69. The lowest BCUT2D eigenvalue weighted by molar-refractivity contribution is 0.0942. The lowest BCUT2D eigenvalue weighted by Gasteiger charge is -2.33. The molecule has 18 heavy (non-hydrogen) atoms. The van der Waals surface area contributed by atoms with Crippen molar-refractivity contribution in [3.05, 3.63) is 0 Å². The number of hydrogen-bond donors (Lipinski definition) is 2. The highest BCUT2D eigenvalue weighted by atomic mass is 16.6. The average Bonchev–Trinajstić information content (AvgIpc) is 2.76. The van der Waals surface area contributed by atoms with Gasteiger partial charge in [-0.25, -0.2) is 4.79 Å². The van der Waals surface area contributed by atoms with Crippen LogP contribution in [-0.4, -0.2) is 48.8 Å². The molecule has 1 saturated heterocycles. The maximum Gasteiger partial charge on any atom is 0.409 e. The molecular formula is C13H25N3O2. The number of piperidine rings is 1. The van der Waals surface area contributed by atoms with Crippen LogP contribution in [0.4, 0.5) is 4.79 Å². The number of carbonyl (C=O) groups excluding carboxylic acids is 1. The number of carbonyl (C=O) groups is 1.